The van der Waals surface area contributed by atoms with E-state index >= 15 is 0 Å². The molecule has 1 aliphatic rings. The molecule has 0 radical (unpaired) electrons. The molecule has 4 rings (SSSR count). The molecule has 3 aromatic carbocycles. The topological polar surface area (TPSA) is 47.9 Å². The van der Waals surface area contributed by atoms with Crippen molar-refractivity contribution in [2.24, 2.45) is 11.8 Å². The fourth-order valence-electron chi connectivity index (χ4n) is 5.21. The molecular weight excluding hydrogens is 550 g/mol. The van der Waals surface area contributed by atoms with Crippen LogP contribution in [0, 0.1) is 18.8 Å². The van der Waals surface area contributed by atoms with Gasteiger partial charge in [-0.1, -0.05) is 54.6 Å². The molecule has 1 saturated heterocycles. The minimum Gasteiger partial charge on any atom is -0.396 e. The molecule has 0 amide bonds. The van der Waals surface area contributed by atoms with Gasteiger partial charge < -0.3 is 19.3 Å². The van der Waals surface area contributed by atoms with Crippen molar-refractivity contribution in [2.75, 3.05) is 19.8 Å². The number of aliphatic hydroxyl groups excluding tert-OH is 1. The number of aryl methyl sites for hydroxylation is 1. The molecule has 1 N–H and O–H groups in total. The van der Waals surface area contributed by atoms with Crippen molar-refractivity contribution >= 4 is 0 Å². The summed E-state index contributed by atoms with van der Waals surface area (Å²) in [5.41, 5.74) is -0.418. The van der Waals surface area contributed by atoms with Gasteiger partial charge in [0.2, 0.25) is 0 Å². The Morgan fingerprint density at radius 2 is 1.51 bits per heavy atom. The van der Waals surface area contributed by atoms with Crippen LogP contribution in [0.1, 0.15) is 52.3 Å². The molecule has 1 heterocycles. The Morgan fingerprint density at radius 1 is 0.902 bits per heavy atom. The quantitative estimate of drug-likeness (QED) is 0.263. The van der Waals surface area contributed by atoms with Gasteiger partial charge in [0.05, 0.1) is 37.1 Å². The summed E-state index contributed by atoms with van der Waals surface area (Å²) in [5.74, 6) is -1.17. The van der Waals surface area contributed by atoms with Gasteiger partial charge in [-0.05, 0) is 54.3 Å². The molecular formula is C31H32F6O4. The summed E-state index contributed by atoms with van der Waals surface area (Å²) in [6.07, 6.45) is -12.2. The second-order valence-electron chi connectivity index (χ2n) is 10.3. The summed E-state index contributed by atoms with van der Waals surface area (Å²) < 4.78 is 99.1. The smallest absolute Gasteiger partial charge is 0.396 e. The molecule has 1 aliphatic heterocycles. The largest absolute Gasteiger partial charge is 0.416 e. The summed E-state index contributed by atoms with van der Waals surface area (Å²) in [5, 5.41) is 10.2. The third-order valence-corrected chi connectivity index (χ3v) is 7.46. The van der Waals surface area contributed by atoms with Crippen LogP contribution in [0.3, 0.4) is 0 Å². The summed E-state index contributed by atoms with van der Waals surface area (Å²) in [7, 11) is 0. The highest BCUT2D eigenvalue weighted by molar-refractivity contribution is 5.35. The van der Waals surface area contributed by atoms with Crippen LogP contribution in [0.15, 0.2) is 72.8 Å². The van der Waals surface area contributed by atoms with E-state index < -0.39 is 41.8 Å². The first-order valence-corrected chi connectivity index (χ1v) is 13.2. The first-order valence-electron chi connectivity index (χ1n) is 13.2. The molecule has 0 aliphatic carbocycles. The molecule has 222 valence electrons. The van der Waals surface area contributed by atoms with E-state index in [4.69, 9.17) is 14.2 Å². The van der Waals surface area contributed by atoms with E-state index in [9.17, 15) is 31.4 Å². The third-order valence-electron chi connectivity index (χ3n) is 7.46. The van der Waals surface area contributed by atoms with Crippen molar-refractivity contribution in [3.8, 4) is 0 Å². The van der Waals surface area contributed by atoms with Crippen LogP contribution in [0.2, 0.25) is 0 Å². The van der Waals surface area contributed by atoms with Gasteiger partial charge in [0.15, 0.2) is 6.29 Å². The normalized spacial score (nSPS) is 22.5. The molecule has 3 aromatic rings. The average Bonchev–Trinajstić information content (AvgIpc) is 2.93. The predicted molar refractivity (Wildman–Crippen MR) is 140 cm³/mol. The highest BCUT2D eigenvalue weighted by Gasteiger charge is 2.44. The van der Waals surface area contributed by atoms with E-state index in [1.807, 2.05) is 61.5 Å². The zero-order chi connectivity index (χ0) is 29.8. The van der Waals surface area contributed by atoms with E-state index in [0.29, 0.717) is 18.7 Å². The maximum Gasteiger partial charge on any atom is 0.416 e. The van der Waals surface area contributed by atoms with Crippen LogP contribution in [-0.2, 0) is 33.2 Å². The molecule has 1 fully saturated rings. The summed E-state index contributed by atoms with van der Waals surface area (Å²) in [6, 6.07) is 18.4. The lowest BCUT2D eigenvalue weighted by molar-refractivity contribution is -0.231. The Balaban J connectivity index is 1.65. The molecule has 1 unspecified atom stereocenters. The number of benzene rings is 3. The van der Waals surface area contributed by atoms with Crippen LogP contribution >= 0.6 is 0 Å². The first kappa shape index (κ1) is 31.0. The van der Waals surface area contributed by atoms with Gasteiger partial charge in [0.25, 0.3) is 0 Å². The number of ether oxygens (including phenoxy) is 3. The number of aliphatic hydroxyl groups is 1. The van der Waals surface area contributed by atoms with Crippen molar-refractivity contribution in [1.29, 1.82) is 0 Å². The van der Waals surface area contributed by atoms with Crippen LogP contribution in [-0.4, -0.2) is 31.2 Å². The van der Waals surface area contributed by atoms with E-state index in [-0.39, 0.29) is 43.3 Å². The van der Waals surface area contributed by atoms with Crippen molar-refractivity contribution < 1.29 is 45.7 Å². The monoisotopic (exact) mass is 582 g/mol. The molecule has 0 aromatic heterocycles. The Kier molecular flexibility index (Phi) is 9.79. The fourth-order valence-corrected chi connectivity index (χ4v) is 5.21. The predicted octanol–water partition coefficient (Wildman–Crippen LogP) is 7.69. The van der Waals surface area contributed by atoms with Gasteiger partial charge in [-0.3, -0.25) is 0 Å². The molecule has 5 atom stereocenters. The molecule has 0 bridgehead atoms. The summed E-state index contributed by atoms with van der Waals surface area (Å²) in [4.78, 5) is 0. The lowest BCUT2D eigenvalue weighted by atomic mass is 9.75. The van der Waals surface area contributed by atoms with E-state index in [1.165, 1.54) is 6.92 Å². The van der Waals surface area contributed by atoms with Gasteiger partial charge in [-0.25, -0.2) is 0 Å². The van der Waals surface area contributed by atoms with Crippen LogP contribution < -0.4 is 0 Å². The first-order chi connectivity index (χ1) is 19.4. The van der Waals surface area contributed by atoms with Crippen LogP contribution in [0.5, 0.6) is 0 Å². The molecule has 0 saturated carbocycles. The zero-order valence-electron chi connectivity index (χ0n) is 22.6. The van der Waals surface area contributed by atoms with Gasteiger partial charge in [-0.2, -0.15) is 26.3 Å². The third kappa shape index (κ3) is 7.68. The number of rotatable bonds is 9. The Morgan fingerprint density at radius 3 is 2.10 bits per heavy atom. The van der Waals surface area contributed by atoms with E-state index in [1.54, 1.807) is 0 Å². The minimum atomic E-state index is -4.98. The van der Waals surface area contributed by atoms with Crippen molar-refractivity contribution in [2.45, 2.75) is 51.1 Å². The number of halogens is 6. The maximum atomic E-state index is 13.5. The maximum absolute atomic E-state index is 13.5. The number of hydrogen-bond acceptors (Lipinski definition) is 4. The molecule has 0 spiro atoms. The van der Waals surface area contributed by atoms with Crippen LogP contribution in [0.25, 0.3) is 0 Å². The molecule has 4 nitrogen and oxygen atoms in total. The second kappa shape index (κ2) is 12.9. The number of alkyl halides is 6. The zero-order valence-corrected chi connectivity index (χ0v) is 22.6. The van der Waals surface area contributed by atoms with Gasteiger partial charge in [0.1, 0.15) is 0 Å². The Labute approximate surface area is 234 Å². The van der Waals surface area contributed by atoms with Gasteiger partial charge in [-0.15, -0.1) is 0 Å². The highest BCUT2D eigenvalue weighted by Crippen LogP contribution is 2.44. The van der Waals surface area contributed by atoms with Gasteiger partial charge in [0, 0.05) is 24.4 Å². The molecule has 41 heavy (non-hydrogen) atoms. The van der Waals surface area contributed by atoms with Crippen molar-refractivity contribution in [3.05, 3.63) is 106 Å². The highest BCUT2D eigenvalue weighted by atomic mass is 19.4. The van der Waals surface area contributed by atoms with Crippen LogP contribution in [0.4, 0.5) is 26.3 Å². The SMILES string of the molecule is Cc1ccccc1[C@@H]1C(O[C@H](C)c2cc(C(F)(F)F)cc(C(F)(F)F)c2)OC[C@H](CO)[C@H]1COCc1ccccc1. The Hall–Kier alpha value is -2.92. The van der Waals surface area contributed by atoms with E-state index in [2.05, 4.69) is 0 Å². The summed E-state index contributed by atoms with van der Waals surface area (Å²) >= 11 is 0. The second-order valence-corrected chi connectivity index (χ2v) is 10.3. The minimum absolute atomic E-state index is 0.0754. The average molecular weight is 583 g/mol. The van der Waals surface area contributed by atoms with E-state index in [0.717, 1.165) is 16.7 Å². The molecule has 10 heteroatoms. The van der Waals surface area contributed by atoms with Crippen molar-refractivity contribution in [1.82, 2.24) is 0 Å². The fraction of sp³-hybridized carbons (Fsp3) is 0.419. The lowest BCUT2D eigenvalue weighted by Gasteiger charge is -2.43. The number of hydrogen-bond donors (Lipinski definition) is 1. The van der Waals surface area contributed by atoms with Crippen molar-refractivity contribution in [3.63, 3.8) is 0 Å². The van der Waals surface area contributed by atoms with Gasteiger partial charge >= 0.3 is 12.4 Å². The Bertz CT molecular complexity index is 1250. The standard InChI is InChI=1S/C31H32F6O4/c1-19-8-6-7-11-26(19)28-27(18-39-16-21-9-4-3-5-10-21)23(15-38)17-40-29(28)41-20(2)22-12-24(30(32,33)34)14-25(13-22)31(35,36)37/h3-14,20,23,27-29,38H,15-18H2,1-2H3/t20-,23+,27-,28+,29?/m1/s1. The summed E-state index contributed by atoms with van der Waals surface area (Å²) in [6.45, 7) is 3.70. The lowest BCUT2D eigenvalue weighted by Crippen LogP contribution is -2.46.